The van der Waals surface area contributed by atoms with Gasteiger partial charge in [-0.05, 0) is 31.0 Å². The number of hydrogen-bond acceptors (Lipinski definition) is 5. The zero-order chi connectivity index (χ0) is 19.9. The summed E-state index contributed by atoms with van der Waals surface area (Å²) in [6.45, 7) is -0.0836. The van der Waals surface area contributed by atoms with Gasteiger partial charge in [0.15, 0.2) is 0 Å². The molecule has 1 aliphatic carbocycles. The number of amides is 2. The van der Waals surface area contributed by atoms with Gasteiger partial charge in [-0.2, -0.15) is 0 Å². The summed E-state index contributed by atoms with van der Waals surface area (Å²) >= 11 is 0. The fourth-order valence-corrected chi connectivity index (χ4v) is 3.23. The summed E-state index contributed by atoms with van der Waals surface area (Å²) in [4.78, 5) is 35.1. The van der Waals surface area contributed by atoms with Gasteiger partial charge in [-0.3, -0.25) is 19.7 Å². The normalized spacial score (nSPS) is 13.7. The highest BCUT2D eigenvalue weighted by atomic mass is 16.6. The smallest absolute Gasteiger partial charge is 0.271 e. The molecule has 0 heterocycles. The maximum absolute atomic E-state index is 12.5. The minimum atomic E-state index is -0.496. The number of benzene rings is 2. The quantitative estimate of drug-likeness (QED) is 0.502. The van der Waals surface area contributed by atoms with E-state index in [0.29, 0.717) is 16.9 Å². The molecule has 2 aromatic rings. The van der Waals surface area contributed by atoms with Crippen LogP contribution < -0.4 is 16.0 Å². The molecule has 2 amide bonds. The summed E-state index contributed by atoms with van der Waals surface area (Å²) in [7, 11) is 0. The lowest BCUT2D eigenvalue weighted by Crippen LogP contribution is -2.33. The summed E-state index contributed by atoms with van der Waals surface area (Å²) in [6, 6.07) is 13.0. The third kappa shape index (κ3) is 5.06. The van der Waals surface area contributed by atoms with Gasteiger partial charge in [-0.1, -0.05) is 31.0 Å². The number of nitrogens with zero attached hydrogens (tertiary/aromatic N) is 1. The Morgan fingerprint density at radius 3 is 2.57 bits per heavy atom. The first-order chi connectivity index (χ1) is 13.5. The Morgan fingerprint density at radius 1 is 1.07 bits per heavy atom. The summed E-state index contributed by atoms with van der Waals surface area (Å²) in [5, 5.41) is 19.4. The van der Waals surface area contributed by atoms with Crippen LogP contribution in [0.15, 0.2) is 48.5 Å². The van der Waals surface area contributed by atoms with Crippen LogP contribution in [0.2, 0.25) is 0 Å². The van der Waals surface area contributed by atoms with Crippen molar-refractivity contribution in [2.75, 3.05) is 17.2 Å². The molecule has 0 bridgehead atoms. The summed E-state index contributed by atoms with van der Waals surface area (Å²) in [5.74, 6) is -0.554. The van der Waals surface area contributed by atoms with Crippen LogP contribution in [0.3, 0.4) is 0 Å². The van der Waals surface area contributed by atoms with E-state index in [-0.39, 0.29) is 30.1 Å². The van der Waals surface area contributed by atoms with Gasteiger partial charge in [0, 0.05) is 23.9 Å². The van der Waals surface area contributed by atoms with Crippen LogP contribution in [0, 0.1) is 10.1 Å². The lowest BCUT2D eigenvalue weighted by Gasteiger charge is -2.15. The number of non-ortho nitro benzene ring substituents is 1. The molecule has 0 aromatic heterocycles. The number of hydrogen-bond donors (Lipinski definition) is 3. The fraction of sp³-hybridized carbons (Fsp3) is 0.300. The molecular formula is C20H22N4O4. The highest BCUT2D eigenvalue weighted by Crippen LogP contribution is 2.21. The van der Waals surface area contributed by atoms with E-state index in [1.807, 2.05) is 0 Å². The number of nitro groups is 1. The molecule has 0 radical (unpaired) electrons. The second-order valence-corrected chi connectivity index (χ2v) is 6.71. The minimum absolute atomic E-state index is 0.0562. The Morgan fingerprint density at radius 2 is 1.82 bits per heavy atom. The first-order valence-electron chi connectivity index (χ1n) is 9.21. The topological polar surface area (TPSA) is 113 Å². The fourth-order valence-electron chi connectivity index (χ4n) is 3.23. The van der Waals surface area contributed by atoms with Gasteiger partial charge in [0.1, 0.15) is 0 Å². The lowest BCUT2D eigenvalue weighted by atomic mass is 10.1. The summed E-state index contributed by atoms with van der Waals surface area (Å²) in [5.41, 5.74) is 1.26. The van der Waals surface area contributed by atoms with Crippen molar-refractivity contribution in [3.05, 3.63) is 64.2 Å². The second kappa shape index (κ2) is 8.98. The van der Waals surface area contributed by atoms with Crippen LogP contribution in [0.4, 0.5) is 17.1 Å². The van der Waals surface area contributed by atoms with Crippen molar-refractivity contribution < 1.29 is 14.5 Å². The van der Waals surface area contributed by atoms with Gasteiger partial charge in [0.2, 0.25) is 5.91 Å². The van der Waals surface area contributed by atoms with Crippen molar-refractivity contribution in [3.63, 3.8) is 0 Å². The van der Waals surface area contributed by atoms with E-state index < -0.39 is 4.92 Å². The number of nitrogens with one attached hydrogen (secondary N) is 3. The Kier molecular flexibility index (Phi) is 6.21. The Labute approximate surface area is 162 Å². The van der Waals surface area contributed by atoms with Crippen molar-refractivity contribution >= 4 is 28.9 Å². The molecule has 3 N–H and O–H groups in total. The van der Waals surface area contributed by atoms with Crippen molar-refractivity contribution in [1.82, 2.24) is 5.32 Å². The summed E-state index contributed by atoms with van der Waals surface area (Å²) in [6.07, 6.45) is 4.19. The van der Waals surface area contributed by atoms with Gasteiger partial charge in [0.25, 0.3) is 11.6 Å². The van der Waals surface area contributed by atoms with Gasteiger partial charge in [-0.25, -0.2) is 0 Å². The maximum atomic E-state index is 12.5. The van der Waals surface area contributed by atoms with E-state index in [4.69, 9.17) is 0 Å². The number of nitro benzene ring substituents is 1. The Bertz CT molecular complexity index is 878. The molecule has 8 nitrogen and oxygen atoms in total. The predicted molar refractivity (Wildman–Crippen MR) is 106 cm³/mol. The Balaban J connectivity index is 1.60. The molecule has 0 spiro atoms. The van der Waals surface area contributed by atoms with Crippen LogP contribution >= 0.6 is 0 Å². The second-order valence-electron chi connectivity index (χ2n) is 6.71. The lowest BCUT2D eigenvalue weighted by molar-refractivity contribution is -0.384. The summed E-state index contributed by atoms with van der Waals surface area (Å²) < 4.78 is 0. The molecule has 146 valence electrons. The van der Waals surface area contributed by atoms with E-state index in [2.05, 4.69) is 16.0 Å². The number of para-hydroxylation sites is 1. The van der Waals surface area contributed by atoms with Crippen LogP contribution in [-0.4, -0.2) is 29.3 Å². The van der Waals surface area contributed by atoms with Gasteiger partial charge in [0.05, 0.1) is 22.7 Å². The molecule has 28 heavy (non-hydrogen) atoms. The molecule has 0 saturated heterocycles. The van der Waals surface area contributed by atoms with E-state index >= 15 is 0 Å². The number of rotatable bonds is 7. The molecule has 0 unspecified atom stereocenters. The molecule has 2 aromatic carbocycles. The third-order valence-electron chi connectivity index (χ3n) is 4.65. The molecule has 1 fully saturated rings. The minimum Gasteiger partial charge on any atom is -0.376 e. The first-order valence-corrected chi connectivity index (χ1v) is 9.21. The van der Waals surface area contributed by atoms with Crippen LogP contribution in [0.5, 0.6) is 0 Å². The molecule has 0 aliphatic heterocycles. The third-order valence-corrected chi connectivity index (χ3v) is 4.65. The number of carbonyl (C=O) groups is 2. The van der Waals surface area contributed by atoms with Crippen LogP contribution in [0.1, 0.15) is 36.0 Å². The van der Waals surface area contributed by atoms with Crippen molar-refractivity contribution in [1.29, 1.82) is 0 Å². The zero-order valence-corrected chi connectivity index (χ0v) is 15.3. The van der Waals surface area contributed by atoms with Gasteiger partial charge >= 0.3 is 0 Å². The molecule has 1 aliphatic rings. The van der Waals surface area contributed by atoms with Crippen LogP contribution in [-0.2, 0) is 4.79 Å². The van der Waals surface area contributed by atoms with Crippen molar-refractivity contribution in [2.24, 2.45) is 0 Å². The molecule has 0 atom stereocenters. The van der Waals surface area contributed by atoms with Crippen LogP contribution in [0.25, 0.3) is 0 Å². The average molecular weight is 382 g/mol. The number of anilines is 2. The van der Waals surface area contributed by atoms with E-state index in [9.17, 15) is 19.7 Å². The average Bonchev–Trinajstić information content (AvgIpc) is 3.20. The SMILES string of the molecule is O=C(CNc1cccc([N+](=O)[O-])c1)Nc1ccccc1C(=O)NC1CCCC1. The maximum Gasteiger partial charge on any atom is 0.271 e. The largest absolute Gasteiger partial charge is 0.376 e. The molecule has 3 rings (SSSR count). The predicted octanol–water partition coefficient (Wildman–Crippen LogP) is 3.32. The first kappa shape index (κ1) is 19.3. The zero-order valence-electron chi connectivity index (χ0n) is 15.3. The Hall–Kier alpha value is -3.42. The van der Waals surface area contributed by atoms with Gasteiger partial charge in [-0.15, -0.1) is 0 Å². The number of carbonyl (C=O) groups excluding carboxylic acids is 2. The molecule has 1 saturated carbocycles. The van der Waals surface area contributed by atoms with E-state index in [0.717, 1.165) is 25.7 Å². The molecular weight excluding hydrogens is 360 g/mol. The molecule has 8 heteroatoms. The van der Waals surface area contributed by atoms with Crippen molar-refractivity contribution in [3.8, 4) is 0 Å². The standard InChI is InChI=1S/C20H22N4O4/c25-19(13-21-15-8-5-9-16(12-15)24(27)28)23-18-11-4-3-10-17(18)20(26)22-14-6-1-2-7-14/h3-5,8-12,14,21H,1-2,6-7,13H2,(H,22,26)(H,23,25). The van der Waals surface area contributed by atoms with Gasteiger partial charge < -0.3 is 16.0 Å². The van der Waals surface area contributed by atoms with Crippen molar-refractivity contribution in [2.45, 2.75) is 31.7 Å². The van der Waals surface area contributed by atoms with E-state index in [1.54, 1.807) is 36.4 Å². The highest BCUT2D eigenvalue weighted by Gasteiger charge is 2.20. The highest BCUT2D eigenvalue weighted by molar-refractivity contribution is 6.04. The monoisotopic (exact) mass is 382 g/mol. The van der Waals surface area contributed by atoms with E-state index in [1.165, 1.54) is 12.1 Å².